The number of fused-ring (bicyclic) bond motifs is 3. The van der Waals surface area contributed by atoms with Crippen molar-refractivity contribution in [3.05, 3.63) is 47.6 Å². The molecule has 0 radical (unpaired) electrons. The molecule has 5 heterocycles. The first-order valence-electron chi connectivity index (χ1n) is 11.2. The van der Waals surface area contributed by atoms with Crippen molar-refractivity contribution >= 4 is 23.2 Å². The fourth-order valence-electron chi connectivity index (χ4n) is 4.92. The molecule has 0 bridgehead atoms. The number of anilines is 2. The lowest BCUT2D eigenvalue weighted by Gasteiger charge is -2.40. The Morgan fingerprint density at radius 3 is 2.82 bits per heavy atom. The number of halogens is 2. The molecule has 6 rings (SSSR count). The monoisotopic (exact) mass is 482 g/mol. The molecule has 0 saturated heterocycles. The zero-order valence-electron chi connectivity index (χ0n) is 18.9. The van der Waals surface area contributed by atoms with Crippen molar-refractivity contribution in [1.29, 1.82) is 0 Å². The summed E-state index contributed by atoms with van der Waals surface area (Å²) in [5.41, 5.74) is 2.12. The van der Waals surface area contributed by atoms with Gasteiger partial charge in [-0.25, -0.2) is 9.37 Å². The third-order valence-corrected chi connectivity index (χ3v) is 7.28. The van der Waals surface area contributed by atoms with E-state index in [1.54, 1.807) is 24.2 Å². The van der Waals surface area contributed by atoms with Gasteiger partial charge in [0, 0.05) is 50.3 Å². The van der Waals surface area contributed by atoms with Gasteiger partial charge in [0.1, 0.15) is 23.9 Å². The Labute approximate surface area is 200 Å². The molecule has 176 valence electrons. The largest absolute Gasteiger partial charge is 0.370 e. The van der Waals surface area contributed by atoms with Crippen LogP contribution in [-0.4, -0.2) is 47.9 Å². The lowest BCUT2D eigenvalue weighted by Crippen LogP contribution is -2.41. The van der Waals surface area contributed by atoms with Gasteiger partial charge in [-0.15, -0.1) is 10.2 Å². The summed E-state index contributed by atoms with van der Waals surface area (Å²) in [6.07, 6.45) is 8.12. The summed E-state index contributed by atoms with van der Waals surface area (Å²) in [6.45, 7) is -0.0356. The second-order valence-electron chi connectivity index (χ2n) is 8.86. The van der Waals surface area contributed by atoms with Crippen LogP contribution < -0.4 is 5.32 Å². The Bertz CT molecular complexity index is 1370. The maximum Gasteiger partial charge on any atom is 0.181 e. The first kappa shape index (κ1) is 21.3. The van der Waals surface area contributed by atoms with Gasteiger partial charge in [0.05, 0.1) is 23.0 Å². The Hall–Kier alpha value is -3.24. The van der Waals surface area contributed by atoms with Crippen LogP contribution in [0.5, 0.6) is 0 Å². The highest BCUT2D eigenvalue weighted by Gasteiger charge is 2.46. The smallest absolute Gasteiger partial charge is 0.181 e. The first-order chi connectivity index (χ1) is 16.5. The second-order valence-corrected chi connectivity index (χ2v) is 9.27. The number of methoxy groups -OCH3 is 1. The standard InChI is InChI=1S/C23H24ClFN8O/c1-31-20(4-7-27-31)28-19-9-16(17(24)11-26-19)14-8-18-21-29-30-22(23(34-2)5-3-6-23)33(21)15(10-25)13-32(18)12-14/h4,7-9,11-12,15H,3,5-6,10,13H2,1-2H3,(H,26,28)/t15-/m0/s1. The van der Waals surface area contributed by atoms with Crippen molar-refractivity contribution in [2.75, 3.05) is 19.1 Å². The van der Waals surface area contributed by atoms with E-state index in [1.165, 1.54) is 0 Å². The molecule has 4 aromatic heterocycles. The molecule has 9 nitrogen and oxygen atoms in total. The van der Waals surface area contributed by atoms with E-state index in [2.05, 4.69) is 25.6 Å². The Morgan fingerprint density at radius 2 is 2.15 bits per heavy atom. The van der Waals surface area contributed by atoms with Crippen LogP contribution >= 0.6 is 11.6 Å². The van der Waals surface area contributed by atoms with Gasteiger partial charge in [0.2, 0.25) is 0 Å². The van der Waals surface area contributed by atoms with Crippen LogP contribution in [0.2, 0.25) is 5.02 Å². The second kappa shape index (κ2) is 7.92. The molecule has 11 heteroatoms. The van der Waals surface area contributed by atoms with Crippen molar-refractivity contribution in [1.82, 2.24) is 34.1 Å². The van der Waals surface area contributed by atoms with Gasteiger partial charge >= 0.3 is 0 Å². The fourth-order valence-corrected chi connectivity index (χ4v) is 5.13. The number of ether oxygens (including phenoxy) is 1. The minimum absolute atomic E-state index is 0.393. The molecule has 0 spiro atoms. The molecule has 1 fully saturated rings. The summed E-state index contributed by atoms with van der Waals surface area (Å²) in [6, 6.07) is 5.39. The van der Waals surface area contributed by atoms with E-state index < -0.39 is 18.3 Å². The number of hydrogen-bond acceptors (Lipinski definition) is 6. The molecule has 1 atom stereocenters. The van der Waals surface area contributed by atoms with Gasteiger partial charge in [0.25, 0.3) is 0 Å². The van der Waals surface area contributed by atoms with E-state index in [4.69, 9.17) is 16.3 Å². The molecule has 2 aliphatic rings. The van der Waals surface area contributed by atoms with Crippen LogP contribution in [0.3, 0.4) is 0 Å². The third kappa shape index (κ3) is 3.16. The normalized spacial score (nSPS) is 18.3. The number of aromatic nitrogens is 7. The summed E-state index contributed by atoms with van der Waals surface area (Å²) < 4.78 is 25.7. The summed E-state index contributed by atoms with van der Waals surface area (Å²) >= 11 is 6.55. The average molecular weight is 483 g/mol. The van der Waals surface area contributed by atoms with Crippen LogP contribution in [-0.2, 0) is 23.9 Å². The third-order valence-electron chi connectivity index (χ3n) is 6.98. The quantitative estimate of drug-likeness (QED) is 0.435. The molecule has 0 unspecified atom stereocenters. The highest BCUT2D eigenvalue weighted by molar-refractivity contribution is 6.33. The van der Waals surface area contributed by atoms with E-state index in [-0.39, 0.29) is 0 Å². The summed E-state index contributed by atoms with van der Waals surface area (Å²) in [5, 5.41) is 16.9. The van der Waals surface area contributed by atoms with E-state index in [0.717, 1.165) is 47.7 Å². The highest BCUT2D eigenvalue weighted by atomic mass is 35.5. The van der Waals surface area contributed by atoms with Gasteiger partial charge in [-0.1, -0.05) is 11.6 Å². The summed E-state index contributed by atoms with van der Waals surface area (Å²) in [7, 11) is 3.54. The molecule has 0 aromatic carbocycles. The average Bonchev–Trinajstić information content (AvgIpc) is 3.53. The van der Waals surface area contributed by atoms with Gasteiger partial charge in [0.15, 0.2) is 11.6 Å². The van der Waals surface area contributed by atoms with Crippen LogP contribution in [0, 0.1) is 0 Å². The van der Waals surface area contributed by atoms with E-state index in [1.807, 2.05) is 40.6 Å². The Kier molecular flexibility index (Phi) is 4.96. The number of pyridine rings is 1. The van der Waals surface area contributed by atoms with Crippen molar-refractivity contribution in [2.45, 2.75) is 37.5 Å². The van der Waals surface area contributed by atoms with Crippen molar-refractivity contribution in [2.24, 2.45) is 7.05 Å². The van der Waals surface area contributed by atoms with Crippen LogP contribution in [0.1, 0.15) is 31.1 Å². The van der Waals surface area contributed by atoms with Crippen molar-refractivity contribution in [3.63, 3.8) is 0 Å². The zero-order chi connectivity index (χ0) is 23.4. The molecule has 34 heavy (non-hydrogen) atoms. The molecule has 1 N–H and O–H groups in total. The van der Waals surface area contributed by atoms with Crippen molar-refractivity contribution < 1.29 is 9.13 Å². The van der Waals surface area contributed by atoms with Gasteiger partial charge in [-0.2, -0.15) is 5.10 Å². The SMILES string of the molecule is COC1(c2nnc3n2[C@@H](CF)Cn2cc(-c4cc(Nc5ccnn5C)ncc4Cl)cc2-3)CCC1. The number of rotatable bonds is 6. The van der Waals surface area contributed by atoms with Gasteiger partial charge in [-0.3, -0.25) is 9.25 Å². The van der Waals surface area contributed by atoms with Crippen LogP contribution in [0.15, 0.2) is 36.8 Å². The first-order valence-corrected chi connectivity index (χ1v) is 11.6. The zero-order valence-corrected chi connectivity index (χ0v) is 19.6. The van der Waals surface area contributed by atoms with Gasteiger partial charge in [-0.05, 0) is 31.4 Å². The lowest BCUT2D eigenvalue weighted by molar-refractivity contribution is -0.0883. The number of hydrogen-bond donors (Lipinski definition) is 1. The highest BCUT2D eigenvalue weighted by Crippen LogP contribution is 2.46. The van der Waals surface area contributed by atoms with Crippen LogP contribution in [0.4, 0.5) is 16.0 Å². The number of nitrogens with one attached hydrogen (secondary N) is 1. The number of nitrogens with zero attached hydrogens (tertiary/aromatic N) is 7. The molecular weight excluding hydrogens is 459 g/mol. The summed E-state index contributed by atoms with van der Waals surface area (Å²) in [5.74, 6) is 2.83. The number of aryl methyl sites for hydroxylation is 1. The predicted octanol–water partition coefficient (Wildman–Crippen LogP) is 4.49. The minimum Gasteiger partial charge on any atom is -0.370 e. The topological polar surface area (TPSA) is 87.6 Å². The molecule has 1 aliphatic heterocycles. The molecule has 1 aliphatic carbocycles. The molecule has 4 aromatic rings. The van der Waals surface area contributed by atoms with E-state index >= 15 is 0 Å². The Balaban J connectivity index is 1.41. The minimum atomic E-state index is -0.514. The maximum absolute atomic E-state index is 14.2. The van der Waals surface area contributed by atoms with E-state index in [9.17, 15) is 4.39 Å². The molecular formula is C23H24ClFN8O. The maximum atomic E-state index is 14.2. The number of alkyl halides is 1. The lowest BCUT2D eigenvalue weighted by atomic mass is 9.79. The predicted molar refractivity (Wildman–Crippen MR) is 126 cm³/mol. The van der Waals surface area contributed by atoms with E-state index in [0.29, 0.717) is 23.2 Å². The molecule has 1 saturated carbocycles. The summed E-state index contributed by atoms with van der Waals surface area (Å²) in [4.78, 5) is 4.40. The van der Waals surface area contributed by atoms with Crippen molar-refractivity contribution in [3.8, 4) is 22.6 Å². The van der Waals surface area contributed by atoms with Gasteiger partial charge < -0.3 is 14.6 Å². The fraction of sp³-hybridized carbons (Fsp3) is 0.391. The van der Waals surface area contributed by atoms with Crippen LogP contribution in [0.25, 0.3) is 22.6 Å². The molecule has 0 amide bonds. The Morgan fingerprint density at radius 1 is 1.29 bits per heavy atom.